The minimum Gasteiger partial charge on any atom is -0.374 e. The maximum atomic E-state index is 11.9. The molecule has 0 radical (unpaired) electrons. The smallest absolute Gasteiger partial charge is 0.251 e. The summed E-state index contributed by atoms with van der Waals surface area (Å²) in [5, 5.41) is 16.1. The van der Waals surface area contributed by atoms with Crippen LogP contribution in [0, 0.1) is 0 Å². The van der Waals surface area contributed by atoms with E-state index < -0.39 is 12.3 Å². The molecular weight excluding hydrogens is 348 g/mol. The second kappa shape index (κ2) is 11.5. The lowest BCUT2D eigenvalue weighted by Gasteiger charge is -2.25. The van der Waals surface area contributed by atoms with E-state index in [-0.39, 0.29) is 11.8 Å². The van der Waals surface area contributed by atoms with Crippen molar-refractivity contribution >= 4 is 33.4 Å². The highest BCUT2D eigenvalue weighted by molar-refractivity contribution is 8.76. The number of hydrazine groups is 1. The number of allylic oxidation sites excluding steroid dienone is 2. The van der Waals surface area contributed by atoms with Gasteiger partial charge in [-0.1, -0.05) is 40.7 Å². The van der Waals surface area contributed by atoms with Gasteiger partial charge in [-0.2, -0.15) is 0 Å². The molecule has 0 aromatic heterocycles. The number of carbonyl (C=O) groups is 2. The van der Waals surface area contributed by atoms with Crippen molar-refractivity contribution in [3.63, 3.8) is 0 Å². The highest BCUT2D eigenvalue weighted by atomic mass is 33.1. The van der Waals surface area contributed by atoms with Crippen LogP contribution in [0.5, 0.6) is 0 Å². The molecular formula is C15H26N4O3S2. The van der Waals surface area contributed by atoms with E-state index >= 15 is 0 Å². The molecule has 1 aliphatic carbocycles. The molecule has 0 heterocycles. The summed E-state index contributed by atoms with van der Waals surface area (Å²) < 4.78 is 0. The van der Waals surface area contributed by atoms with E-state index in [4.69, 9.17) is 5.84 Å². The maximum absolute atomic E-state index is 11.9. The van der Waals surface area contributed by atoms with Crippen molar-refractivity contribution in [2.75, 3.05) is 11.5 Å². The Morgan fingerprint density at radius 2 is 2.04 bits per heavy atom. The Labute approximate surface area is 150 Å². The summed E-state index contributed by atoms with van der Waals surface area (Å²) in [6, 6.07) is -0.638. The largest absolute Gasteiger partial charge is 0.374 e. The lowest BCUT2D eigenvalue weighted by atomic mass is 10.0. The molecule has 6 N–H and O–H groups in total. The van der Waals surface area contributed by atoms with E-state index in [1.807, 2.05) is 12.2 Å². The SMILES string of the molecule is CCCSSCC(NC(O)C1=CCCC=C1NC(C)=O)C(=O)NN. The van der Waals surface area contributed by atoms with E-state index in [2.05, 4.69) is 23.0 Å². The Kier molecular flexibility index (Phi) is 10.1. The summed E-state index contributed by atoms with van der Waals surface area (Å²) in [5.74, 6) is 6.10. The molecule has 24 heavy (non-hydrogen) atoms. The van der Waals surface area contributed by atoms with Crippen LogP contribution in [0.1, 0.15) is 33.1 Å². The van der Waals surface area contributed by atoms with Gasteiger partial charge in [-0.15, -0.1) is 0 Å². The molecule has 0 bridgehead atoms. The fraction of sp³-hybridized carbons (Fsp3) is 0.600. The van der Waals surface area contributed by atoms with E-state index in [0.717, 1.165) is 25.0 Å². The lowest BCUT2D eigenvalue weighted by molar-refractivity contribution is -0.123. The predicted molar refractivity (Wildman–Crippen MR) is 99.7 cm³/mol. The average molecular weight is 375 g/mol. The van der Waals surface area contributed by atoms with Crippen LogP contribution in [0.15, 0.2) is 23.4 Å². The van der Waals surface area contributed by atoms with Crippen molar-refractivity contribution in [1.29, 1.82) is 0 Å². The first-order valence-corrected chi connectivity index (χ1v) is 10.4. The molecule has 1 aliphatic rings. The van der Waals surface area contributed by atoms with Crippen LogP contribution in [0.25, 0.3) is 0 Å². The fourth-order valence-corrected chi connectivity index (χ4v) is 4.42. The molecule has 2 unspecified atom stereocenters. The van der Waals surface area contributed by atoms with Crippen molar-refractivity contribution in [3.05, 3.63) is 23.4 Å². The normalized spacial score (nSPS) is 16.7. The molecule has 7 nitrogen and oxygen atoms in total. The molecule has 0 spiro atoms. The average Bonchev–Trinajstić information content (AvgIpc) is 2.56. The van der Waals surface area contributed by atoms with Crippen molar-refractivity contribution in [2.24, 2.45) is 5.84 Å². The van der Waals surface area contributed by atoms with Gasteiger partial charge >= 0.3 is 0 Å². The van der Waals surface area contributed by atoms with E-state index in [1.165, 1.54) is 6.92 Å². The summed E-state index contributed by atoms with van der Waals surface area (Å²) in [4.78, 5) is 23.2. The first-order valence-electron chi connectivity index (χ1n) is 7.86. The number of nitrogens with two attached hydrogens (primary N) is 1. The number of hydrogen-bond donors (Lipinski definition) is 5. The highest BCUT2D eigenvalue weighted by Crippen LogP contribution is 2.24. The van der Waals surface area contributed by atoms with Crippen molar-refractivity contribution in [3.8, 4) is 0 Å². The second-order valence-corrected chi connectivity index (χ2v) is 7.90. The maximum Gasteiger partial charge on any atom is 0.251 e. The van der Waals surface area contributed by atoms with Crippen molar-refractivity contribution < 1.29 is 14.7 Å². The number of nitrogens with one attached hydrogen (secondary N) is 3. The summed E-state index contributed by atoms with van der Waals surface area (Å²) >= 11 is 0. The minimum atomic E-state index is -1.07. The first-order chi connectivity index (χ1) is 11.5. The quantitative estimate of drug-likeness (QED) is 0.0958. The summed E-state index contributed by atoms with van der Waals surface area (Å²) in [6.45, 7) is 3.50. The van der Waals surface area contributed by atoms with Gasteiger partial charge in [0, 0.05) is 29.7 Å². The minimum absolute atomic E-state index is 0.205. The zero-order valence-corrected chi connectivity index (χ0v) is 15.6. The topological polar surface area (TPSA) is 116 Å². The molecule has 0 saturated carbocycles. The molecule has 0 saturated heterocycles. The van der Waals surface area contributed by atoms with Crippen LogP contribution >= 0.6 is 21.6 Å². The Morgan fingerprint density at radius 3 is 2.67 bits per heavy atom. The van der Waals surface area contributed by atoms with Crippen LogP contribution in [-0.4, -0.2) is 40.7 Å². The monoisotopic (exact) mass is 374 g/mol. The lowest BCUT2D eigenvalue weighted by Crippen LogP contribution is -2.52. The molecule has 2 amide bonds. The zero-order chi connectivity index (χ0) is 17.9. The fourth-order valence-electron chi connectivity index (χ4n) is 2.10. The van der Waals surface area contributed by atoms with E-state index in [9.17, 15) is 14.7 Å². The Morgan fingerprint density at radius 1 is 1.33 bits per heavy atom. The third-order valence-electron chi connectivity index (χ3n) is 3.22. The van der Waals surface area contributed by atoms with E-state index in [0.29, 0.717) is 17.0 Å². The highest BCUT2D eigenvalue weighted by Gasteiger charge is 2.25. The zero-order valence-electron chi connectivity index (χ0n) is 14.0. The number of hydrogen-bond acceptors (Lipinski definition) is 7. The summed E-state index contributed by atoms with van der Waals surface area (Å²) in [6.07, 6.45) is 5.28. The Hall–Kier alpha value is -1.00. The Balaban J connectivity index is 2.69. The molecule has 0 aromatic carbocycles. The molecule has 136 valence electrons. The van der Waals surface area contributed by atoms with Gasteiger partial charge in [0.2, 0.25) is 5.91 Å². The van der Waals surface area contributed by atoms with Crippen molar-refractivity contribution in [2.45, 2.75) is 45.4 Å². The number of carbonyl (C=O) groups excluding carboxylic acids is 2. The third kappa shape index (κ3) is 7.27. The van der Waals surface area contributed by atoms with E-state index in [1.54, 1.807) is 21.6 Å². The van der Waals surface area contributed by atoms with Crippen LogP contribution < -0.4 is 21.9 Å². The summed E-state index contributed by atoms with van der Waals surface area (Å²) in [5.41, 5.74) is 3.26. The first kappa shape index (κ1) is 21.0. The standard InChI is InChI=1S/C15H26N4O3S2/c1-3-8-23-24-9-13(15(22)19-16)18-14(21)11-6-4-5-7-12(11)17-10(2)20/h6-7,13-14,18,21H,3-5,8-9,16H2,1-2H3,(H,17,20)(H,19,22). The molecule has 2 atom stereocenters. The molecule has 0 aromatic rings. The van der Waals surface area contributed by atoms with Gasteiger partial charge in [-0.25, -0.2) is 5.84 Å². The molecule has 9 heteroatoms. The molecule has 1 rings (SSSR count). The number of aliphatic hydroxyl groups is 1. The van der Waals surface area contributed by atoms with Gasteiger partial charge in [0.05, 0.1) is 0 Å². The second-order valence-electron chi connectivity index (χ2n) is 5.27. The van der Waals surface area contributed by atoms with Gasteiger partial charge < -0.3 is 10.4 Å². The van der Waals surface area contributed by atoms with Crippen LogP contribution in [0.2, 0.25) is 0 Å². The number of aliphatic hydroxyl groups excluding tert-OH is 1. The van der Waals surface area contributed by atoms with Gasteiger partial charge in [0.1, 0.15) is 12.3 Å². The third-order valence-corrected chi connectivity index (χ3v) is 5.84. The number of amides is 2. The van der Waals surface area contributed by atoms with Gasteiger partial charge in [-0.05, 0) is 19.3 Å². The van der Waals surface area contributed by atoms with Crippen LogP contribution in [-0.2, 0) is 9.59 Å². The predicted octanol–water partition coefficient (Wildman–Crippen LogP) is 0.784. The van der Waals surface area contributed by atoms with Gasteiger partial charge in [-0.3, -0.25) is 20.3 Å². The van der Waals surface area contributed by atoms with Crippen LogP contribution in [0.3, 0.4) is 0 Å². The van der Waals surface area contributed by atoms with Crippen LogP contribution in [0.4, 0.5) is 0 Å². The summed E-state index contributed by atoms with van der Waals surface area (Å²) in [7, 11) is 3.22. The Bertz CT molecular complexity index is 497. The van der Waals surface area contributed by atoms with Crippen molar-refractivity contribution in [1.82, 2.24) is 16.1 Å². The van der Waals surface area contributed by atoms with Gasteiger partial charge in [0.15, 0.2) is 0 Å². The van der Waals surface area contributed by atoms with Gasteiger partial charge in [0.25, 0.3) is 5.91 Å². The molecule has 0 aliphatic heterocycles. The number of rotatable bonds is 10. The molecule has 0 fully saturated rings.